The quantitative estimate of drug-likeness (QED) is 0.131. The van der Waals surface area contributed by atoms with Gasteiger partial charge in [-0.1, -0.05) is 88.9 Å². The molecule has 47 heavy (non-hydrogen) atoms. The zero-order chi connectivity index (χ0) is 33.7. The van der Waals surface area contributed by atoms with Gasteiger partial charge in [0.2, 0.25) is 17.7 Å². The molecule has 2 heterocycles. The van der Waals surface area contributed by atoms with Gasteiger partial charge in [0.15, 0.2) is 0 Å². The first-order chi connectivity index (χ1) is 22.5. The van der Waals surface area contributed by atoms with Crippen molar-refractivity contribution in [2.75, 3.05) is 19.6 Å². The van der Waals surface area contributed by atoms with E-state index in [9.17, 15) is 24.3 Å². The summed E-state index contributed by atoms with van der Waals surface area (Å²) in [5, 5.41) is 11.7. The van der Waals surface area contributed by atoms with Crippen molar-refractivity contribution in [3.8, 4) is 0 Å². The number of aliphatic carboxylic acids is 1. The van der Waals surface area contributed by atoms with Crippen LogP contribution < -0.4 is 0 Å². The van der Waals surface area contributed by atoms with Crippen molar-refractivity contribution < 1.29 is 24.3 Å². The van der Waals surface area contributed by atoms with E-state index >= 15 is 0 Å². The van der Waals surface area contributed by atoms with Crippen LogP contribution in [0, 0.1) is 0 Å². The zero-order valence-corrected chi connectivity index (χ0v) is 28.1. The highest BCUT2D eigenvalue weighted by Crippen LogP contribution is 2.26. The van der Waals surface area contributed by atoms with E-state index in [1.165, 1.54) is 9.80 Å². The van der Waals surface area contributed by atoms with Crippen LogP contribution in [-0.2, 0) is 38.4 Å². The van der Waals surface area contributed by atoms with Gasteiger partial charge in [-0.3, -0.25) is 19.2 Å². The summed E-state index contributed by atoms with van der Waals surface area (Å²) in [6.45, 7) is -0.813. The number of carboxylic acid groups (broad SMARTS) is 1. The van der Waals surface area contributed by atoms with Crippen LogP contribution in [0.5, 0.6) is 0 Å². The number of carbonyl (C=O) groups is 4. The van der Waals surface area contributed by atoms with Gasteiger partial charge in [-0.15, -0.1) is 0 Å². The second-order valence-electron chi connectivity index (χ2n) is 11.3. The summed E-state index contributed by atoms with van der Waals surface area (Å²) >= 11 is 25.4. The number of H-pyrrole nitrogens is 1. The van der Waals surface area contributed by atoms with E-state index in [1.807, 2.05) is 30.5 Å². The monoisotopic (exact) mass is 716 g/mol. The van der Waals surface area contributed by atoms with E-state index in [-0.39, 0.29) is 31.8 Å². The predicted molar refractivity (Wildman–Crippen MR) is 183 cm³/mol. The molecule has 0 radical (unpaired) electrons. The maximum atomic E-state index is 14.1. The lowest BCUT2D eigenvalue weighted by atomic mass is 10.0. The summed E-state index contributed by atoms with van der Waals surface area (Å²) < 4.78 is 0. The van der Waals surface area contributed by atoms with Gasteiger partial charge in [0.1, 0.15) is 30.1 Å². The van der Waals surface area contributed by atoms with Crippen LogP contribution in [-0.4, -0.2) is 85.2 Å². The average molecular weight is 718 g/mol. The molecule has 1 aliphatic heterocycles. The maximum Gasteiger partial charge on any atom is 0.323 e. The van der Waals surface area contributed by atoms with Gasteiger partial charge in [0, 0.05) is 46.5 Å². The van der Waals surface area contributed by atoms with E-state index < -0.39 is 47.8 Å². The highest BCUT2D eigenvalue weighted by atomic mass is 35.5. The van der Waals surface area contributed by atoms with Crippen LogP contribution in [0.3, 0.4) is 0 Å². The van der Waals surface area contributed by atoms with E-state index in [1.54, 1.807) is 48.5 Å². The molecule has 246 valence electrons. The fourth-order valence-corrected chi connectivity index (χ4v) is 6.68. The molecule has 5 rings (SSSR count). The van der Waals surface area contributed by atoms with Crippen LogP contribution in [0.2, 0.25) is 10.0 Å². The Labute approximate surface area is 291 Å². The fraction of sp³-hybridized carbons (Fsp3) is 0.294. The Morgan fingerprint density at radius 2 is 1.53 bits per heavy atom. The molecule has 0 spiro atoms. The Morgan fingerprint density at radius 3 is 2.17 bits per heavy atom. The third kappa shape index (κ3) is 8.59. The number of halogens is 4. The molecule has 1 aliphatic rings. The molecule has 1 aromatic heterocycles. The molecular formula is C34H32Cl4N4O5. The number of aromatic amines is 1. The van der Waals surface area contributed by atoms with Crippen molar-refractivity contribution in [2.24, 2.45) is 0 Å². The van der Waals surface area contributed by atoms with Crippen LogP contribution in [0.25, 0.3) is 10.9 Å². The molecule has 3 unspecified atom stereocenters. The zero-order valence-electron chi connectivity index (χ0n) is 25.1. The summed E-state index contributed by atoms with van der Waals surface area (Å²) in [7, 11) is 0. The molecule has 0 aliphatic carbocycles. The van der Waals surface area contributed by atoms with Crippen molar-refractivity contribution >= 4 is 81.0 Å². The number of nitrogens with zero attached hydrogens (tertiary/aromatic N) is 3. The largest absolute Gasteiger partial charge is 0.480 e. The summed E-state index contributed by atoms with van der Waals surface area (Å²) in [4.78, 5) is 60.4. The number of benzene rings is 3. The second kappa shape index (κ2) is 15.4. The molecule has 0 bridgehead atoms. The third-order valence-corrected chi connectivity index (χ3v) is 9.46. The fourth-order valence-electron chi connectivity index (χ4n) is 5.73. The Kier molecular flexibility index (Phi) is 11.3. The summed E-state index contributed by atoms with van der Waals surface area (Å²) in [6, 6.07) is 20.3. The first-order valence-corrected chi connectivity index (χ1v) is 16.6. The lowest BCUT2D eigenvalue weighted by Crippen LogP contribution is -2.63. The van der Waals surface area contributed by atoms with E-state index in [4.69, 9.17) is 46.4 Å². The average Bonchev–Trinajstić information content (AvgIpc) is 3.46. The molecule has 3 aromatic carbocycles. The molecule has 2 N–H and O–H groups in total. The number of hydrogen-bond acceptors (Lipinski definition) is 4. The maximum absolute atomic E-state index is 14.1. The highest BCUT2D eigenvalue weighted by Gasteiger charge is 2.43. The summed E-state index contributed by atoms with van der Waals surface area (Å²) in [6.07, 6.45) is 2.17. The topological polar surface area (TPSA) is 114 Å². The lowest BCUT2D eigenvalue weighted by Gasteiger charge is -2.42. The van der Waals surface area contributed by atoms with E-state index in [0.717, 1.165) is 32.5 Å². The number of nitrogens with one attached hydrogen (secondary N) is 1. The summed E-state index contributed by atoms with van der Waals surface area (Å²) in [5.74, 6) is -2.84. The number of hydrogen-bond donors (Lipinski definition) is 2. The van der Waals surface area contributed by atoms with Gasteiger partial charge < -0.3 is 24.8 Å². The minimum atomic E-state index is -1.27. The standard InChI is InChI=1S/C34H32Cl4N4O5/c35-24-9-5-21(6-10-24)15-29(37)41(20-33(45)46)31(43)17-28-34(47)42(30(38)16-22-7-11-25(36)12-8-22)19-32(44)40(28)14-13-23-18-39-27-4-2-1-3-26(23)27/h1-12,18,28-30,39H,13-17,19-20H2,(H,45,46). The van der Waals surface area contributed by atoms with Gasteiger partial charge >= 0.3 is 5.97 Å². The van der Waals surface area contributed by atoms with Crippen molar-refractivity contribution in [1.82, 2.24) is 19.7 Å². The first kappa shape index (κ1) is 34.6. The first-order valence-electron chi connectivity index (χ1n) is 14.9. The van der Waals surface area contributed by atoms with Crippen molar-refractivity contribution in [3.05, 3.63) is 106 Å². The number of aromatic nitrogens is 1. The Bertz CT molecular complexity index is 1750. The molecule has 3 atom stereocenters. The normalized spacial score (nSPS) is 16.4. The number of para-hydroxylation sites is 1. The molecular weight excluding hydrogens is 686 g/mol. The molecule has 3 amide bonds. The van der Waals surface area contributed by atoms with Crippen molar-refractivity contribution in [2.45, 2.75) is 42.7 Å². The van der Waals surface area contributed by atoms with Crippen molar-refractivity contribution in [1.29, 1.82) is 0 Å². The van der Waals surface area contributed by atoms with Crippen LogP contribution in [0.1, 0.15) is 23.1 Å². The Morgan fingerprint density at radius 1 is 0.915 bits per heavy atom. The molecule has 9 nitrogen and oxygen atoms in total. The molecule has 13 heteroatoms. The van der Waals surface area contributed by atoms with Gasteiger partial charge in [-0.25, -0.2) is 0 Å². The number of alkyl halides is 2. The lowest BCUT2D eigenvalue weighted by molar-refractivity contribution is -0.159. The Balaban J connectivity index is 1.39. The number of carbonyl (C=O) groups excluding carboxylic acids is 3. The molecule has 1 saturated heterocycles. The summed E-state index contributed by atoms with van der Waals surface area (Å²) in [5.41, 5.74) is 1.50. The van der Waals surface area contributed by atoms with Gasteiger partial charge in [0.05, 0.1) is 6.42 Å². The van der Waals surface area contributed by atoms with Crippen LogP contribution in [0.15, 0.2) is 79.0 Å². The number of rotatable bonds is 13. The van der Waals surface area contributed by atoms with E-state index in [2.05, 4.69) is 4.98 Å². The number of carboxylic acids is 1. The van der Waals surface area contributed by atoms with Gasteiger partial charge in [0.25, 0.3) is 0 Å². The van der Waals surface area contributed by atoms with Crippen LogP contribution >= 0.6 is 46.4 Å². The van der Waals surface area contributed by atoms with E-state index in [0.29, 0.717) is 16.5 Å². The number of fused-ring (bicyclic) bond motifs is 1. The number of amides is 3. The highest BCUT2D eigenvalue weighted by molar-refractivity contribution is 6.30. The number of piperazine rings is 1. The van der Waals surface area contributed by atoms with Gasteiger partial charge in [-0.2, -0.15) is 0 Å². The second-order valence-corrected chi connectivity index (χ2v) is 13.2. The van der Waals surface area contributed by atoms with Crippen molar-refractivity contribution in [3.63, 3.8) is 0 Å². The molecule has 1 fully saturated rings. The molecule has 0 saturated carbocycles. The minimum Gasteiger partial charge on any atom is -0.480 e. The van der Waals surface area contributed by atoms with Gasteiger partial charge in [-0.05, 0) is 53.4 Å². The van der Waals surface area contributed by atoms with Crippen LogP contribution in [0.4, 0.5) is 0 Å². The predicted octanol–water partition coefficient (Wildman–Crippen LogP) is 5.98. The molecule has 4 aromatic rings. The smallest absolute Gasteiger partial charge is 0.323 e. The Hall–Kier alpha value is -3.76. The third-order valence-electron chi connectivity index (χ3n) is 8.17. The SMILES string of the molecule is O=C(O)CN(C(=O)CC1C(=O)N(C(Cl)Cc2ccc(Cl)cc2)CC(=O)N1CCc1c[nH]c2ccccc12)C(Cl)Cc1ccc(Cl)cc1. The minimum absolute atomic E-state index is 0.135.